The smallest absolute Gasteiger partial charge is 0.242 e. The lowest BCUT2D eigenvalue weighted by molar-refractivity contribution is -0.126. The zero-order chi connectivity index (χ0) is 12.7. The Morgan fingerprint density at radius 2 is 2.53 bits per heavy atom. The highest BCUT2D eigenvalue weighted by Gasteiger charge is 2.27. The minimum absolute atomic E-state index is 0.00362. The Morgan fingerprint density at radius 1 is 1.76 bits per heavy atom. The summed E-state index contributed by atoms with van der Waals surface area (Å²) in [6, 6.07) is -0.249. The number of guanidine groups is 1. The number of hydrazine groups is 1. The van der Waals surface area contributed by atoms with Gasteiger partial charge < -0.3 is 15.0 Å². The summed E-state index contributed by atoms with van der Waals surface area (Å²) in [5.41, 5.74) is 2.55. The molecule has 0 spiro atoms. The molecule has 0 saturated carbocycles. The van der Waals surface area contributed by atoms with E-state index in [0.29, 0.717) is 32.2 Å². The van der Waals surface area contributed by atoms with Crippen molar-refractivity contribution in [2.75, 3.05) is 33.4 Å². The molecule has 0 aromatic carbocycles. The molecular weight excluding hydrogens is 222 g/mol. The van der Waals surface area contributed by atoms with Crippen LogP contribution in [0.5, 0.6) is 0 Å². The molecule has 17 heavy (non-hydrogen) atoms. The van der Waals surface area contributed by atoms with E-state index in [-0.39, 0.29) is 11.9 Å². The zero-order valence-electron chi connectivity index (χ0n) is 10.4. The van der Waals surface area contributed by atoms with Gasteiger partial charge in [0.15, 0.2) is 0 Å². The number of carbonyl (C=O) groups excluding carboxylic acids is 1. The summed E-state index contributed by atoms with van der Waals surface area (Å²) in [5, 5.41) is 2.79. The molecule has 1 heterocycles. The number of rotatable bonds is 4. The summed E-state index contributed by atoms with van der Waals surface area (Å²) in [6.45, 7) is 4.44. The first-order valence-corrected chi connectivity index (χ1v) is 5.75. The molecule has 0 aliphatic carbocycles. The summed E-state index contributed by atoms with van der Waals surface area (Å²) >= 11 is 0. The van der Waals surface area contributed by atoms with Gasteiger partial charge in [-0.15, -0.1) is 0 Å². The van der Waals surface area contributed by atoms with Gasteiger partial charge in [-0.3, -0.25) is 15.2 Å². The Bertz CT molecular complexity index is 282. The fourth-order valence-corrected chi connectivity index (χ4v) is 1.69. The second-order valence-electron chi connectivity index (χ2n) is 3.86. The molecule has 0 aromatic rings. The first kappa shape index (κ1) is 13.7. The van der Waals surface area contributed by atoms with Gasteiger partial charge in [-0.05, 0) is 13.3 Å². The average molecular weight is 243 g/mol. The molecule has 0 bridgehead atoms. The van der Waals surface area contributed by atoms with Gasteiger partial charge in [0, 0.05) is 33.4 Å². The number of nitrogens with two attached hydrogens (primary N) is 1. The number of nitrogens with one attached hydrogen (secondary N) is 2. The highest BCUT2D eigenvalue weighted by Crippen LogP contribution is 2.04. The van der Waals surface area contributed by atoms with Crippen molar-refractivity contribution in [3.63, 3.8) is 0 Å². The van der Waals surface area contributed by atoms with E-state index in [0.717, 1.165) is 6.42 Å². The Labute approximate surface area is 101 Å². The lowest BCUT2D eigenvalue weighted by Crippen LogP contribution is -2.59. The van der Waals surface area contributed by atoms with Crippen LogP contribution in [0, 0.1) is 0 Å². The van der Waals surface area contributed by atoms with Crippen molar-refractivity contribution in [2.45, 2.75) is 19.4 Å². The van der Waals surface area contributed by atoms with Gasteiger partial charge >= 0.3 is 0 Å². The number of ether oxygens (including phenoxy) is 1. The van der Waals surface area contributed by atoms with E-state index >= 15 is 0 Å². The molecule has 0 radical (unpaired) electrons. The van der Waals surface area contributed by atoms with Crippen LogP contribution in [-0.4, -0.2) is 56.2 Å². The minimum Gasteiger partial charge on any atom is -0.385 e. The van der Waals surface area contributed by atoms with Gasteiger partial charge in [-0.2, -0.15) is 0 Å². The van der Waals surface area contributed by atoms with Crippen molar-refractivity contribution < 1.29 is 9.53 Å². The Balaban J connectivity index is 2.55. The molecule has 98 valence electrons. The van der Waals surface area contributed by atoms with E-state index in [1.54, 1.807) is 7.11 Å². The largest absolute Gasteiger partial charge is 0.385 e. The number of hydrogen-bond donors (Lipinski definition) is 3. The monoisotopic (exact) mass is 243 g/mol. The minimum atomic E-state index is -0.249. The predicted molar refractivity (Wildman–Crippen MR) is 65.3 cm³/mol. The van der Waals surface area contributed by atoms with Crippen molar-refractivity contribution in [2.24, 2.45) is 10.8 Å². The first-order valence-electron chi connectivity index (χ1n) is 5.75. The van der Waals surface area contributed by atoms with Crippen LogP contribution in [0.25, 0.3) is 0 Å². The third kappa shape index (κ3) is 3.86. The molecule has 7 heteroatoms. The number of amides is 1. The summed E-state index contributed by atoms with van der Waals surface area (Å²) in [7, 11) is 1.66. The standard InChI is InChI=1S/C10H21N5O2/c1-8-9(16)12-5-6-15(8)10(14-11)13-4-3-7-17-2/h8H,3-7,11H2,1-2H3,(H,12,16)(H,13,14). The van der Waals surface area contributed by atoms with E-state index in [9.17, 15) is 4.79 Å². The maximum atomic E-state index is 11.5. The fourth-order valence-electron chi connectivity index (χ4n) is 1.69. The number of aliphatic imine (C=N–C) groups is 1. The average Bonchev–Trinajstić information content (AvgIpc) is 2.34. The summed E-state index contributed by atoms with van der Waals surface area (Å²) in [6.07, 6.45) is 0.829. The summed E-state index contributed by atoms with van der Waals surface area (Å²) in [4.78, 5) is 17.7. The van der Waals surface area contributed by atoms with Crippen LogP contribution in [0.2, 0.25) is 0 Å². The van der Waals surface area contributed by atoms with Crippen molar-refractivity contribution in [3.05, 3.63) is 0 Å². The van der Waals surface area contributed by atoms with Gasteiger partial charge in [0.25, 0.3) is 0 Å². The second kappa shape index (κ2) is 7.08. The Morgan fingerprint density at radius 3 is 3.18 bits per heavy atom. The molecule has 4 N–H and O–H groups in total. The molecule has 0 aromatic heterocycles. The highest BCUT2D eigenvalue weighted by molar-refractivity contribution is 5.89. The van der Waals surface area contributed by atoms with Crippen LogP contribution in [0.1, 0.15) is 13.3 Å². The van der Waals surface area contributed by atoms with Crippen LogP contribution in [0.15, 0.2) is 4.99 Å². The van der Waals surface area contributed by atoms with E-state index in [1.165, 1.54) is 0 Å². The lowest BCUT2D eigenvalue weighted by Gasteiger charge is -2.34. The number of piperazine rings is 1. The normalized spacial score (nSPS) is 21.4. The Hall–Kier alpha value is -1.34. The molecule has 1 atom stereocenters. The van der Waals surface area contributed by atoms with Gasteiger partial charge in [-0.1, -0.05) is 0 Å². The van der Waals surface area contributed by atoms with Crippen molar-refractivity contribution >= 4 is 11.9 Å². The molecule has 7 nitrogen and oxygen atoms in total. The molecule has 1 amide bonds. The third-order valence-corrected chi connectivity index (χ3v) is 2.67. The predicted octanol–water partition coefficient (Wildman–Crippen LogP) is -1.34. The van der Waals surface area contributed by atoms with Gasteiger partial charge in [0.2, 0.25) is 11.9 Å². The Kier molecular flexibility index (Phi) is 5.71. The van der Waals surface area contributed by atoms with Crippen LogP contribution in [0.4, 0.5) is 0 Å². The fraction of sp³-hybridized carbons (Fsp3) is 0.800. The summed E-state index contributed by atoms with van der Waals surface area (Å²) < 4.78 is 4.94. The second-order valence-corrected chi connectivity index (χ2v) is 3.86. The van der Waals surface area contributed by atoms with Gasteiger partial charge in [0.1, 0.15) is 6.04 Å². The van der Waals surface area contributed by atoms with Crippen LogP contribution in [0.3, 0.4) is 0 Å². The number of methoxy groups -OCH3 is 1. The van der Waals surface area contributed by atoms with Crippen LogP contribution < -0.4 is 16.6 Å². The summed E-state index contributed by atoms with van der Waals surface area (Å²) in [5.74, 6) is 6.00. The lowest BCUT2D eigenvalue weighted by atomic mass is 10.2. The molecule has 1 aliphatic heterocycles. The van der Waals surface area contributed by atoms with E-state index in [4.69, 9.17) is 10.6 Å². The number of hydrogen-bond acceptors (Lipinski definition) is 4. The van der Waals surface area contributed by atoms with E-state index < -0.39 is 0 Å². The van der Waals surface area contributed by atoms with Gasteiger partial charge in [-0.25, -0.2) is 5.84 Å². The molecule has 1 rings (SSSR count). The number of carbonyl (C=O) groups is 1. The topological polar surface area (TPSA) is 92.0 Å². The van der Waals surface area contributed by atoms with Gasteiger partial charge in [0.05, 0.1) is 0 Å². The van der Waals surface area contributed by atoms with E-state index in [2.05, 4.69) is 15.7 Å². The molecule has 1 unspecified atom stereocenters. The third-order valence-electron chi connectivity index (χ3n) is 2.67. The van der Waals surface area contributed by atoms with Crippen LogP contribution in [-0.2, 0) is 9.53 Å². The number of nitrogens with zero attached hydrogens (tertiary/aromatic N) is 2. The maximum Gasteiger partial charge on any atom is 0.242 e. The van der Waals surface area contributed by atoms with Crippen molar-refractivity contribution in [1.82, 2.24) is 15.6 Å². The highest BCUT2D eigenvalue weighted by atomic mass is 16.5. The molecule has 1 saturated heterocycles. The maximum absolute atomic E-state index is 11.5. The zero-order valence-corrected chi connectivity index (χ0v) is 10.4. The van der Waals surface area contributed by atoms with Crippen molar-refractivity contribution in [1.29, 1.82) is 0 Å². The van der Waals surface area contributed by atoms with Crippen molar-refractivity contribution in [3.8, 4) is 0 Å². The molecular formula is C10H21N5O2. The van der Waals surface area contributed by atoms with Crippen LogP contribution >= 0.6 is 0 Å². The van der Waals surface area contributed by atoms with E-state index in [1.807, 2.05) is 11.8 Å². The molecule has 1 aliphatic rings. The molecule has 1 fully saturated rings. The quantitative estimate of drug-likeness (QED) is 0.187. The first-order chi connectivity index (χ1) is 8.20. The SMILES string of the molecule is COCCCN=C(NN)N1CCNC(=O)C1C.